The van der Waals surface area contributed by atoms with Crippen LogP contribution >= 0.6 is 0 Å². The minimum Gasteiger partial charge on any atom is -0.481 e. The van der Waals surface area contributed by atoms with Crippen molar-refractivity contribution in [1.82, 2.24) is 15.1 Å². The van der Waals surface area contributed by atoms with E-state index < -0.39 is 11.9 Å². The number of amides is 2. The number of urea groups is 1. The van der Waals surface area contributed by atoms with Crippen molar-refractivity contribution in [2.45, 2.75) is 45.6 Å². The highest BCUT2D eigenvalue weighted by Gasteiger charge is 2.29. The van der Waals surface area contributed by atoms with Gasteiger partial charge in [0.1, 0.15) is 0 Å². The molecule has 2 rings (SSSR count). The summed E-state index contributed by atoms with van der Waals surface area (Å²) in [6, 6.07) is 0.314. The van der Waals surface area contributed by atoms with Gasteiger partial charge in [-0.25, -0.2) is 4.79 Å². The summed E-state index contributed by atoms with van der Waals surface area (Å²) >= 11 is 0. The number of rotatable bonds is 5. The number of aliphatic carboxylic acids is 1. The number of nitrogens with one attached hydrogen (secondary N) is 1. The lowest BCUT2D eigenvalue weighted by Gasteiger charge is -2.32. The lowest BCUT2D eigenvalue weighted by Crippen LogP contribution is -2.50. The summed E-state index contributed by atoms with van der Waals surface area (Å²) in [5.41, 5.74) is 0. The van der Waals surface area contributed by atoms with E-state index in [-0.39, 0.29) is 6.03 Å². The van der Waals surface area contributed by atoms with Crippen LogP contribution in [0.4, 0.5) is 4.79 Å². The van der Waals surface area contributed by atoms with Crippen molar-refractivity contribution in [2.75, 3.05) is 32.7 Å². The van der Waals surface area contributed by atoms with Crippen molar-refractivity contribution in [1.29, 1.82) is 0 Å². The maximum absolute atomic E-state index is 12.3. The molecule has 0 aromatic carbocycles. The van der Waals surface area contributed by atoms with Crippen LogP contribution < -0.4 is 5.32 Å². The molecule has 0 aliphatic carbocycles. The Kier molecular flexibility index (Phi) is 6.06. The van der Waals surface area contributed by atoms with Crippen LogP contribution in [0.1, 0.15) is 39.5 Å². The minimum atomic E-state index is -0.795. The van der Waals surface area contributed by atoms with Crippen LogP contribution in [-0.2, 0) is 4.79 Å². The normalized spacial score (nSPS) is 26.4. The Morgan fingerprint density at radius 3 is 2.64 bits per heavy atom. The first-order chi connectivity index (χ1) is 10.5. The van der Waals surface area contributed by atoms with E-state index in [2.05, 4.69) is 24.1 Å². The minimum absolute atomic E-state index is 0.109. The van der Waals surface area contributed by atoms with Crippen LogP contribution in [0.2, 0.25) is 0 Å². The monoisotopic (exact) mass is 311 g/mol. The second-order valence-corrected chi connectivity index (χ2v) is 6.99. The van der Waals surface area contributed by atoms with Gasteiger partial charge < -0.3 is 15.3 Å². The van der Waals surface area contributed by atoms with Crippen molar-refractivity contribution < 1.29 is 14.7 Å². The highest BCUT2D eigenvalue weighted by molar-refractivity contribution is 5.76. The predicted molar refractivity (Wildman–Crippen MR) is 84.8 cm³/mol. The van der Waals surface area contributed by atoms with Gasteiger partial charge in [0.25, 0.3) is 0 Å². The fourth-order valence-corrected chi connectivity index (χ4v) is 3.52. The van der Waals surface area contributed by atoms with Crippen LogP contribution in [0, 0.1) is 11.8 Å². The molecule has 1 unspecified atom stereocenters. The van der Waals surface area contributed by atoms with Crippen molar-refractivity contribution in [3.63, 3.8) is 0 Å². The largest absolute Gasteiger partial charge is 0.481 e. The molecule has 0 saturated carbocycles. The Bertz CT molecular complexity index is 400. The molecular weight excluding hydrogens is 282 g/mol. The SMILES string of the molecule is CC(C)CN1CCC[C@@H]1CNC(=O)N1CCCC(C(=O)O)C1. The molecule has 0 spiro atoms. The number of likely N-dealkylation sites (tertiary alicyclic amines) is 2. The number of carboxylic acid groups (broad SMARTS) is 1. The van der Waals surface area contributed by atoms with Gasteiger partial charge in [-0.2, -0.15) is 0 Å². The number of piperidine rings is 1. The summed E-state index contributed by atoms with van der Waals surface area (Å²) in [5.74, 6) is -0.574. The number of hydrogen-bond acceptors (Lipinski definition) is 3. The highest BCUT2D eigenvalue weighted by atomic mass is 16.4. The van der Waals surface area contributed by atoms with Gasteiger partial charge in [0.15, 0.2) is 0 Å². The smallest absolute Gasteiger partial charge is 0.317 e. The van der Waals surface area contributed by atoms with Gasteiger partial charge in [0, 0.05) is 32.2 Å². The lowest BCUT2D eigenvalue weighted by molar-refractivity contribution is -0.143. The van der Waals surface area contributed by atoms with Crippen molar-refractivity contribution in [2.24, 2.45) is 11.8 Å². The molecule has 2 saturated heterocycles. The third-order valence-corrected chi connectivity index (χ3v) is 4.65. The average molecular weight is 311 g/mol. The number of carbonyl (C=O) groups is 2. The van der Waals surface area contributed by atoms with E-state index in [4.69, 9.17) is 5.11 Å². The van der Waals surface area contributed by atoms with Gasteiger partial charge >= 0.3 is 12.0 Å². The molecule has 6 heteroatoms. The molecule has 2 aliphatic heterocycles. The predicted octanol–water partition coefficient (Wildman–Crippen LogP) is 1.61. The lowest BCUT2D eigenvalue weighted by atomic mass is 9.99. The molecular formula is C16H29N3O3. The Hall–Kier alpha value is -1.30. The summed E-state index contributed by atoms with van der Waals surface area (Å²) in [4.78, 5) is 27.4. The van der Waals surface area contributed by atoms with Crippen LogP contribution in [0.5, 0.6) is 0 Å². The molecule has 0 aromatic heterocycles. The first kappa shape index (κ1) is 17.1. The molecule has 0 bridgehead atoms. The zero-order valence-corrected chi connectivity index (χ0v) is 13.8. The molecule has 2 amide bonds. The maximum Gasteiger partial charge on any atom is 0.317 e. The first-order valence-corrected chi connectivity index (χ1v) is 8.47. The Balaban J connectivity index is 1.78. The molecule has 126 valence electrons. The van der Waals surface area contributed by atoms with Crippen LogP contribution in [0.25, 0.3) is 0 Å². The van der Waals surface area contributed by atoms with Crippen LogP contribution in [0.3, 0.4) is 0 Å². The third-order valence-electron chi connectivity index (χ3n) is 4.65. The van der Waals surface area contributed by atoms with Crippen molar-refractivity contribution in [3.8, 4) is 0 Å². The van der Waals surface area contributed by atoms with Crippen LogP contribution in [0.15, 0.2) is 0 Å². The maximum atomic E-state index is 12.3. The van der Waals surface area contributed by atoms with E-state index in [9.17, 15) is 9.59 Å². The Morgan fingerprint density at radius 1 is 1.23 bits per heavy atom. The average Bonchev–Trinajstić information content (AvgIpc) is 2.91. The molecule has 0 radical (unpaired) electrons. The van der Waals surface area contributed by atoms with Gasteiger partial charge in [0.05, 0.1) is 5.92 Å². The molecule has 6 nitrogen and oxygen atoms in total. The van der Waals surface area contributed by atoms with Gasteiger partial charge in [-0.15, -0.1) is 0 Å². The zero-order chi connectivity index (χ0) is 16.1. The van der Waals surface area contributed by atoms with Gasteiger partial charge in [-0.05, 0) is 38.1 Å². The number of nitrogens with zero attached hydrogens (tertiary/aromatic N) is 2. The quantitative estimate of drug-likeness (QED) is 0.809. The van der Waals surface area contributed by atoms with E-state index in [1.807, 2.05) is 0 Å². The van der Waals surface area contributed by atoms with E-state index in [1.165, 1.54) is 6.42 Å². The fraction of sp³-hybridized carbons (Fsp3) is 0.875. The fourth-order valence-electron chi connectivity index (χ4n) is 3.52. The van der Waals surface area contributed by atoms with Crippen LogP contribution in [-0.4, -0.2) is 65.7 Å². The second kappa shape index (κ2) is 7.81. The summed E-state index contributed by atoms with van der Waals surface area (Å²) in [7, 11) is 0. The van der Waals surface area contributed by atoms with E-state index in [0.29, 0.717) is 38.0 Å². The third kappa shape index (κ3) is 4.60. The molecule has 2 atom stereocenters. The van der Waals surface area contributed by atoms with E-state index >= 15 is 0 Å². The van der Waals surface area contributed by atoms with E-state index in [0.717, 1.165) is 25.9 Å². The summed E-state index contributed by atoms with van der Waals surface area (Å²) in [5, 5.41) is 12.1. The Labute approximate surface area is 132 Å². The molecule has 2 fully saturated rings. The molecule has 22 heavy (non-hydrogen) atoms. The van der Waals surface area contributed by atoms with Gasteiger partial charge in [-0.1, -0.05) is 13.8 Å². The molecule has 0 aromatic rings. The molecule has 2 heterocycles. The first-order valence-electron chi connectivity index (χ1n) is 8.47. The topological polar surface area (TPSA) is 72.9 Å². The van der Waals surface area contributed by atoms with Gasteiger partial charge in [0.2, 0.25) is 0 Å². The highest BCUT2D eigenvalue weighted by Crippen LogP contribution is 2.19. The number of hydrogen-bond donors (Lipinski definition) is 2. The van der Waals surface area contributed by atoms with Gasteiger partial charge in [-0.3, -0.25) is 9.69 Å². The number of carbonyl (C=O) groups excluding carboxylic acids is 1. The second-order valence-electron chi connectivity index (χ2n) is 6.99. The standard InChI is InChI=1S/C16H29N3O3/c1-12(2)10-18-7-4-6-14(18)9-17-16(22)19-8-3-5-13(11-19)15(20)21/h12-14H,3-11H2,1-2H3,(H,17,22)(H,20,21)/t13?,14-/m1/s1. The van der Waals surface area contributed by atoms with E-state index in [1.54, 1.807) is 4.90 Å². The Morgan fingerprint density at radius 2 is 1.95 bits per heavy atom. The molecule has 2 aliphatic rings. The molecule has 2 N–H and O–H groups in total. The van der Waals surface area contributed by atoms with Crippen molar-refractivity contribution in [3.05, 3.63) is 0 Å². The zero-order valence-electron chi connectivity index (χ0n) is 13.8. The van der Waals surface area contributed by atoms with Crippen molar-refractivity contribution >= 4 is 12.0 Å². The number of carboxylic acids is 1. The summed E-state index contributed by atoms with van der Waals surface area (Å²) in [6.45, 7) is 8.29. The summed E-state index contributed by atoms with van der Waals surface area (Å²) in [6.07, 6.45) is 3.76. The summed E-state index contributed by atoms with van der Waals surface area (Å²) < 4.78 is 0.